The van der Waals surface area contributed by atoms with E-state index >= 15 is 0 Å². The SMILES string of the molecule is Cc1c[nH]c[n+]1CCCNC(=O)c1ccnc2nc(-c3cccs3)[nH]c12. The summed E-state index contributed by atoms with van der Waals surface area (Å²) in [5.74, 6) is 0.622. The van der Waals surface area contributed by atoms with Gasteiger partial charge in [0, 0.05) is 26.1 Å². The maximum Gasteiger partial charge on any atom is 0.253 e. The average molecular weight is 367 g/mol. The fourth-order valence-electron chi connectivity index (χ4n) is 2.85. The van der Waals surface area contributed by atoms with Gasteiger partial charge >= 0.3 is 0 Å². The van der Waals surface area contributed by atoms with E-state index in [9.17, 15) is 4.79 Å². The lowest BCUT2D eigenvalue weighted by atomic mass is 10.2. The van der Waals surface area contributed by atoms with Crippen LogP contribution in [-0.2, 0) is 6.54 Å². The smallest absolute Gasteiger partial charge is 0.253 e. The molecule has 0 saturated heterocycles. The summed E-state index contributed by atoms with van der Waals surface area (Å²) in [5, 5.41) is 4.98. The second-order valence-electron chi connectivity index (χ2n) is 6.00. The van der Waals surface area contributed by atoms with Crippen molar-refractivity contribution in [3.05, 3.63) is 53.6 Å². The fourth-order valence-corrected chi connectivity index (χ4v) is 3.52. The van der Waals surface area contributed by atoms with Crippen molar-refractivity contribution in [1.82, 2.24) is 25.3 Å². The maximum absolute atomic E-state index is 12.6. The van der Waals surface area contributed by atoms with Crippen LogP contribution in [0.1, 0.15) is 22.5 Å². The normalized spacial score (nSPS) is 11.1. The van der Waals surface area contributed by atoms with Crippen molar-refractivity contribution < 1.29 is 9.36 Å². The highest BCUT2D eigenvalue weighted by atomic mass is 32.1. The Hall–Kier alpha value is -3.00. The number of hydrogen-bond acceptors (Lipinski definition) is 4. The average Bonchev–Trinajstić information content (AvgIpc) is 3.38. The molecule has 7 nitrogen and oxygen atoms in total. The van der Waals surface area contributed by atoms with Crippen LogP contribution in [0.2, 0.25) is 0 Å². The van der Waals surface area contributed by atoms with Gasteiger partial charge in [-0.1, -0.05) is 6.07 Å². The summed E-state index contributed by atoms with van der Waals surface area (Å²) in [6, 6.07) is 5.68. The van der Waals surface area contributed by atoms with Gasteiger partial charge in [-0.05, 0) is 17.5 Å². The Kier molecular flexibility index (Phi) is 4.49. The molecule has 26 heavy (non-hydrogen) atoms. The van der Waals surface area contributed by atoms with Crippen molar-refractivity contribution in [2.45, 2.75) is 19.9 Å². The largest absolute Gasteiger partial charge is 0.352 e. The Morgan fingerprint density at radius 2 is 2.31 bits per heavy atom. The number of thiophene rings is 1. The highest BCUT2D eigenvalue weighted by molar-refractivity contribution is 7.13. The van der Waals surface area contributed by atoms with Crippen molar-refractivity contribution in [2.24, 2.45) is 0 Å². The topological polar surface area (TPSA) is 90.3 Å². The molecule has 8 heteroatoms. The van der Waals surface area contributed by atoms with Gasteiger partial charge in [0.15, 0.2) is 11.5 Å². The molecule has 4 aromatic heterocycles. The first-order valence-electron chi connectivity index (χ1n) is 8.42. The first-order valence-corrected chi connectivity index (χ1v) is 9.30. The third-order valence-corrected chi connectivity index (χ3v) is 5.10. The number of aromatic amines is 2. The Balaban J connectivity index is 1.45. The van der Waals surface area contributed by atoms with Crippen molar-refractivity contribution >= 4 is 28.4 Å². The van der Waals surface area contributed by atoms with E-state index in [2.05, 4.69) is 29.8 Å². The number of rotatable bonds is 6. The minimum Gasteiger partial charge on any atom is -0.352 e. The van der Waals surface area contributed by atoms with E-state index in [0.717, 1.165) is 23.7 Å². The van der Waals surface area contributed by atoms with Gasteiger partial charge in [0.05, 0.1) is 22.5 Å². The van der Waals surface area contributed by atoms with Gasteiger partial charge in [-0.25, -0.2) is 19.5 Å². The summed E-state index contributed by atoms with van der Waals surface area (Å²) in [6.45, 7) is 3.51. The molecule has 4 aromatic rings. The quantitative estimate of drug-likeness (QED) is 0.361. The number of aromatic nitrogens is 5. The molecule has 4 rings (SSSR count). The third-order valence-electron chi connectivity index (χ3n) is 4.23. The Labute approximate surface area is 154 Å². The highest BCUT2D eigenvalue weighted by Crippen LogP contribution is 2.25. The van der Waals surface area contributed by atoms with Gasteiger partial charge in [-0.2, -0.15) is 0 Å². The summed E-state index contributed by atoms with van der Waals surface area (Å²) in [6.07, 6.45) is 6.36. The number of hydrogen-bond donors (Lipinski definition) is 3. The van der Waals surface area contributed by atoms with E-state index in [1.165, 1.54) is 5.69 Å². The van der Waals surface area contributed by atoms with Crippen LogP contribution >= 0.6 is 11.3 Å². The van der Waals surface area contributed by atoms with Crippen LogP contribution in [-0.4, -0.2) is 32.4 Å². The van der Waals surface area contributed by atoms with Crippen LogP contribution in [0.25, 0.3) is 21.9 Å². The number of amides is 1. The van der Waals surface area contributed by atoms with E-state index in [4.69, 9.17) is 0 Å². The number of fused-ring (bicyclic) bond motifs is 1. The zero-order valence-corrected chi connectivity index (χ0v) is 15.1. The van der Waals surface area contributed by atoms with Gasteiger partial charge in [-0.15, -0.1) is 11.3 Å². The van der Waals surface area contributed by atoms with E-state index in [0.29, 0.717) is 23.3 Å². The Morgan fingerprint density at radius 1 is 1.38 bits per heavy atom. The van der Waals surface area contributed by atoms with Crippen LogP contribution < -0.4 is 9.88 Å². The minimum atomic E-state index is -0.116. The minimum absolute atomic E-state index is 0.116. The highest BCUT2D eigenvalue weighted by Gasteiger charge is 2.15. The summed E-state index contributed by atoms with van der Waals surface area (Å²) >= 11 is 1.60. The van der Waals surface area contributed by atoms with Gasteiger partial charge in [0.2, 0.25) is 6.33 Å². The molecule has 3 N–H and O–H groups in total. The van der Waals surface area contributed by atoms with Crippen molar-refractivity contribution in [3.63, 3.8) is 0 Å². The summed E-state index contributed by atoms with van der Waals surface area (Å²) < 4.78 is 2.12. The second-order valence-corrected chi connectivity index (χ2v) is 6.95. The van der Waals surface area contributed by atoms with Gasteiger partial charge in [0.1, 0.15) is 11.9 Å². The molecule has 0 spiro atoms. The molecule has 0 saturated carbocycles. The van der Waals surface area contributed by atoms with Crippen LogP contribution in [0.5, 0.6) is 0 Å². The molecule has 4 heterocycles. The Bertz CT molecular complexity index is 1030. The van der Waals surface area contributed by atoms with Crippen LogP contribution in [0.15, 0.2) is 42.3 Å². The number of aryl methyl sites for hydroxylation is 2. The maximum atomic E-state index is 12.6. The molecule has 0 unspecified atom stereocenters. The van der Waals surface area contributed by atoms with E-state index < -0.39 is 0 Å². The van der Waals surface area contributed by atoms with Gasteiger partial charge in [-0.3, -0.25) is 4.79 Å². The molecule has 0 aliphatic carbocycles. The molecule has 0 aromatic carbocycles. The lowest BCUT2D eigenvalue weighted by Crippen LogP contribution is -2.36. The number of H-pyrrole nitrogens is 2. The van der Waals surface area contributed by atoms with Crippen LogP contribution in [0.4, 0.5) is 0 Å². The predicted octanol–water partition coefficient (Wildman–Crippen LogP) is 2.43. The van der Waals surface area contributed by atoms with Crippen molar-refractivity contribution in [1.29, 1.82) is 0 Å². The molecule has 132 valence electrons. The summed E-state index contributed by atoms with van der Waals surface area (Å²) in [7, 11) is 0. The van der Waals surface area contributed by atoms with Crippen LogP contribution in [0.3, 0.4) is 0 Å². The number of pyridine rings is 1. The molecule has 0 aliphatic rings. The summed E-state index contributed by atoms with van der Waals surface area (Å²) in [5.41, 5.74) is 2.96. The number of carbonyl (C=O) groups excluding carboxylic acids is 1. The summed E-state index contributed by atoms with van der Waals surface area (Å²) in [4.78, 5) is 28.7. The number of imidazole rings is 2. The lowest BCUT2D eigenvalue weighted by Gasteiger charge is -2.05. The molecule has 1 amide bonds. The molecule has 0 bridgehead atoms. The first kappa shape index (κ1) is 16.5. The monoisotopic (exact) mass is 367 g/mol. The third kappa shape index (κ3) is 3.23. The predicted molar refractivity (Wildman–Crippen MR) is 99.9 cm³/mol. The van der Waals surface area contributed by atoms with E-state index in [1.54, 1.807) is 23.6 Å². The van der Waals surface area contributed by atoms with Crippen LogP contribution in [0, 0.1) is 6.92 Å². The second kappa shape index (κ2) is 7.09. The standard InChI is InChI=1S/C18H18N6OS/c1-12-10-19-11-24(12)8-3-6-21-18(25)13-5-7-20-17-15(13)22-16(23-17)14-4-2-9-26-14/h2,4-5,7,9-11H,3,6,8H2,1H3,(H2,20,21,22,23,25)/p+1. The van der Waals surface area contributed by atoms with Crippen molar-refractivity contribution in [2.75, 3.05) is 6.54 Å². The first-order chi connectivity index (χ1) is 12.7. The van der Waals surface area contributed by atoms with Gasteiger partial charge < -0.3 is 10.3 Å². The van der Waals surface area contributed by atoms with Gasteiger partial charge in [0.25, 0.3) is 5.91 Å². The lowest BCUT2D eigenvalue weighted by molar-refractivity contribution is -0.701. The molecule has 0 radical (unpaired) electrons. The van der Waals surface area contributed by atoms with Crippen molar-refractivity contribution in [3.8, 4) is 10.7 Å². The van der Waals surface area contributed by atoms with E-state index in [-0.39, 0.29) is 5.91 Å². The fraction of sp³-hybridized carbons (Fsp3) is 0.222. The molecule has 0 atom stereocenters. The zero-order chi connectivity index (χ0) is 17.9. The number of carbonyl (C=O) groups is 1. The number of nitrogens with zero attached hydrogens (tertiary/aromatic N) is 3. The molecular formula is C18H19N6OS+. The number of nitrogens with one attached hydrogen (secondary N) is 3. The zero-order valence-electron chi connectivity index (χ0n) is 14.3. The van der Waals surface area contributed by atoms with E-state index in [1.807, 2.05) is 37.0 Å². The molecule has 0 aliphatic heterocycles. The Morgan fingerprint density at radius 3 is 3.08 bits per heavy atom. The molecular weight excluding hydrogens is 348 g/mol. The molecule has 0 fully saturated rings.